The van der Waals surface area contributed by atoms with E-state index in [0.717, 1.165) is 13.1 Å². The zero-order chi connectivity index (χ0) is 13.2. The number of thiophene rings is 1. The second kappa shape index (κ2) is 5.72. The van der Waals surface area contributed by atoms with E-state index in [1.165, 1.54) is 17.8 Å². The Bertz CT molecular complexity index is 353. The maximum atomic E-state index is 3.71. The minimum atomic E-state index is 0.331. The Hall–Kier alpha value is -0.380. The average molecular weight is 266 g/mol. The summed E-state index contributed by atoms with van der Waals surface area (Å²) in [5.41, 5.74) is 0.331. The van der Waals surface area contributed by atoms with Crippen molar-refractivity contribution in [1.29, 1.82) is 0 Å². The molecule has 1 saturated heterocycles. The van der Waals surface area contributed by atoms with Gasteiger partial charge >= 0.3 is 0 Å². The molecule has 1 aromatic rings. The predicted octanol–water partition coefficient (Wildman–Crippen LogP) is 3.52. The number of nitrogens with one attached hydrogen (secondary N) is 1. The summed E-state index contributed by atoms with van der Waals surface area (Å²) in [6.07, 6.45) is 1.25. The summed E-state index contributed by atoms with van der Waals surface area (Å²) in [7, 11) is 0. The van der Waals surface area contributed by atoms with E-state index in [1.54, 1.807) is 0 Å². The van der Waals surface area contributed by atoms with Gasteiger partial charge in [0.15, 0.2) is 0 Å². The van der Waals surface area contributed by atoms with Crippen molar-refractivity contribution < 1.29 is 0 Å². The lowest BCUT2D eigenvalue weighted by molar-refractivity contribution is 0.163. The number of rotatable bonds is 2. The maximum absolute atomic E-state index is 3.71. The van der Waals surface area contributed by atoms with Crippen LogP contribution in [0.3, 0.4) is 0 Å². The van der Waals surface area contributed by atoms with Gasteiger partial charge < -0.3 is 5.32 Å². The van der Waals surface area contributed by atoms with Crippen LogP contribution in [0, 0.1) is 5.41 Å². The summed E-state index contributed by atoms with van der Waals surface area (Å²) < 4.78 is 0. The molecule has 2 nitrogen and oxygen atoms in total. The van der Waals surface area contributed by atoms with Crippen LogP contribution in [0.1, 0.15) is 45.0 Å². The first kappa shape index (κ1) is 14.0. The molecule has 0 spiro atoms. The van der Waals surface area contributed by atoms with E-state index in [4.69, 9.17) is 0 Å². The van der Waals surface area contributed by atoms with Gasteiger partial charge in [-0.15, -0.1) is 11.3 Å². The van der Waals surface area contributed by atoms with Gasteiger partial charge in [0.1, 0.15) is 0 Å². The topological polar surface area (TPSA) is 15.3 Å². The fourth-order valence-corrected chi connectivity index (χ4v) is 3.41. The molecule has 2 heterocycles. The highest BCUT2D eigenvalue weighted by atomic mass is 32.1. The Balaban J connectivity index is 2.07. The molecule has 1 aliphatic rings. The van der Waals surface area contributed by atoms with Crippen LogP contribution in [0.15, 0.2) is 17.5 Å². The van der Waals surface area contributed by atoms with Crippen LogP contribution in [0.4, 0.5) is 0 Å². The van der Waals surface area contributed by atoms with Gasteiger partial charge in [-0.3, -0.25) is 4.90 Å². The lowest BCUT2D eigenvalue weighted by atomic mass is 9.86. The van der Waals surface area contributed by atoms with Crippen LogP contribution in [0.5, 0.6) is 0 Å². The highest BCUT2D eigenvalue weighted by molar-refractivity contribution is 7.10. The molecule has 1 fully saturated rings. The van der Waals surface area contributed by atoms with Gasteiger partial charge in [0.25, 0.3) is 0 Å². The highest BCUT2D eigenvalue weighted by Gasteiger charge is 2.30. The lowest BCUT2D eigenvalue weighted by Crippen LogP contribution is -2.46. The third kappa shape index (κ3) is 3.34. The predicted molar refractivity (Wildman–Crippen MR) is 80.2 cm³/mol. The largest absolute Gasteiger partial charge is 0.312 e. The van der Waals surface area contributed by atoms with Crippen molar-refractivity contribution in [2.24, 2.45) is 5.41 Å². The Labute approximate surface area is 115 Å². The molecule has 1 N–H and O–H groups in total. The minimum Gasteiger partial charge on any atom is -0.312 e. The standard InChI is InChI=1S/C15H26N2S/c1-12(13-7-5-10-18-13)17-9-6-8-16-14(11-17)15(2,3)4/h5,7,10,12,14,16H,6,8-9,11H2,1-4H3. The summed E-state index contributed by atoms with van der Waals surface area (Å²) in [5, 5.41) is 5.90. The van der Waals surface area contributed by atoms with Crippen molar-refractivity contribution in [3.8, 4) is 0 Å². The molecule has 0 bridgehead atoms. The van der Waals surface area contributed by atoms with Crippen molar-refractivity contribution in [3.63, 3.8) is 0 Å². The van der Waals surface area contributed by atoms with Crippen molar-refractivity contribution in [2.45, 2.75) is 46.2 Å². The van der Waals surface area contributed by atoms with E-state index >= 15 is 0 Å². The van der Waals surface area contributed by atoms with Gasteiger partial charge in [-0.2, -0.15) is 0 Å². The molecule has 0 saturated carbocycles. The van der Waals surface area contributed by atoms with Crippen LogP contribution in [-0.2, 0) is 0 Å². The molecule has 1 aliphatic heterocycles. The monoisotopic (exact) mass is 266 g/mol. The van der Waals surface area contributed by atoms with Crippen LogP contribution < -0.4 is 5.32 Å². The zero-order valence-corrected chi connectivity index (χ0v) is 12.9. The quantitative estimate of drug-likeness (QED) is 0.881. The zero-order valence-electron chi connectivity index (χ0n) is 12.1. The molecule has 18 heavy (non-hydrogen) atoms. The molecule has 0 radical (unpaired) electrons. The lowest BCUT2D eigenvalue weighted by Gasteiger charge is -2.36. The normalized spacial score (nSPS) is 24.8. The molecular formula is C15H26N2S. The molecule has 2 unspecified atom stereocenters. The van der Waals surface area contributed by atoms with Crippen LogP contribution in [-0.4, -0.2) is 30.6 Å². The smallest absolute Gasteiger partial charge is 0.0413 e. The Morgan fingerprint density at radius 2 is 2.22 bits per heavy atom. The third-order valence-electron chi connectivity index (χ3n) is 3.98. The van der Waals surface area contributed by atoms with Crippen LogP contribution in [0.25, 0.3) is 0 Å². The third-order valence-corrected chi connectivity index (χ3v) is 5.02. The molecule has 3 heteroatoms. The summed E-state index contributed by atoms with van der Waals surface area (Å²) in [6.45, 7) is 12.9. The summed E-state index contributed by atoms with van der Waals surface area (Å²) in [5.74, 6) is 0. The van der Waals surface area contributed by atoms with Gasteiger partial charge in [-0.25, -0.2) is 0 Å². The van der Waals surface area contributed by atoms with E-state index < -0.39 is 0 Å². The highest BCUT2D eigenvalue weighted by Crippen LogP contribution is 2.28. The Morgan fingerprint density at radius 3 is 2.83 bits per heavy atom. The molecule has 2 rings (SSSR count). The van der Waals surface area contributed by atoms with Gasteiger partial charge in [-0.1, -0.05) is 26.8 Å². The van der Waals surface area contributed by atoms with E-state index in [1.807, 2.05) is 11.3 Å². The number of hydrogen-bond donors (Lipinski definition) is 1. The van der Waals surface area contributed by atoms with Crippen molar-refractivity contribution in [3.05, 3.63) is 22.4 Å². The Morgan fingerprint density at radius 1 is 1.44 bits per heavy atom. The summed E-state index contributed by atoms with van der Waals surface area (Å²) in [4.78, 5) is 4.13. The number of nitrogens with zero attached hydrogens (tertiary/aromatic N) is 1. The molecule has 0 amide bonds. The van der Waals surface area contributed by atoms with Crippen molar-refractivity contribution in [2.75, 3.05) is 19.6 Å². The summed E-state index contributed by atoms with van der Waals surface area (Å²) >= 11 is 1.88. The molecule has 0 aliphatic carbocycles. The Kier molecular flexibility index (Phi) is 4.46. The molecular weight excluding hydrogens is 240 g/mol. The van der Waals surface area contributed by atoms with Gasteiger partial charge in [-0.05, 0) is 36.8 Å². The molecule has 2 atom stereocenters. The SMILES string of the molecule is CC(c1cccs1)N1CCCNC(C(C)(C)C)C1. The first-order valence-corrected chi connectivity index (χ1v) is 7.87. The second-order valence-corrected chi connectivity index (χ2v) is 7.39. The maximum Gasteiger partial charge on any atom is 0.0413 e. The minimum absolute atomic E-state index is 0.331. The van der Waals surface area contributed by atoms with E-state index in [-0.39, 0.29) is 0 Å². The fraction of sp³-hybridized carbons (Fsp3) is 0.733. The van der Waals surface area contributed by atoms with Crippen LogP contribution >= 0.6 is 11.3 Å². The first-order valence-electron chi connectivity index (χ1n) is 6.99. The van der Waals surface area contributed by atoms with Crippen LogP contribution in [0.2, 0.25) is 0 Å². The number of hydrogen-bond acceptors (Lipinski definition) is 3. The first-order chi connectivity index (χ1) is 8.48. The average Bonchev–Trinajstić information content (AvgIpc) is 2.70. The van der Waals surface area contributed by atoms with E-state index in [2.05, 4.69) is 55.4 Å². The van der Waals surface area contributed by atoms with Crippen molar-refractivity contribution in [1.82, 2.24) is 10.2 Å². The van der Waals surface area contributed by atoms with Crippen molar-refractivity contribution >= 4 is 11.3 Å². The van der Waals surface area contributed by atoms with Gasteiger partial charge in [0.2, 0.25) is 0 Å². The summed E-state index contributed by atoms with van der Waals surface area (Å²) in [6, 6.07) is 5.56. The van der Waals surface area contributed by atoms with Gasteiger partial charge in [0.05, 0.1) is 0 Å². The van der Waals surface area contributed by atoms with E-state index in [9.17, 15) is 0 Å². The van der Waals surface area contributed by atoms with Gasteiger partial charge in [0, 0.05) is 30.1 Å². The van der Waals surface area contributed by atoms with E-state index in [0.29, 0.717) is 17.5 Å². The second-order valence-electron chi connectivity index (χ2n) is 6.41. The molecule has 1 aromatic heterocycles. The fourth-order valence-electron chi connectivity index (χ4n) is 2.59. The molecule has 0 aromatic carbocycles. The molecule has 102 valence electrons.